The van der Waals surface area contributed by atoms with Crippen molar-refractivity contribution in [2.45, 2.75) is 25.9 Å². The molecule has 3 rings (SSSR count). The van der Waals surface area contributed by atoms with Crippen molar-refractivity contribution in [3.63, 3.8) is 0 Å². The van der Waals surface area contributed by atoms with E-state index in [1.54, 1.807) is 18.7 Å². The van der Waals surface area contributed by atoms with E-state index < -0.39 is 5.60 Å². The number of aliphatic hydroxyl groups is 1. The zero-order valence-corrected chi connectivity index (χ0v) is 15.2. The zero-order valence-electron chi connectivity index (χ0n) is 15.2. The summed E-state index contributed by atoms with van der Waals surface area (Å²) < 4.78 is 11.3. The number of ether oxygens (including phenoxy) is 2. The molecule has 5 nitrogen and oxygen atoms in total. The first-order valence-electron chi connectivity index (χ1n) is 8.84. The molecule has 0 saturated carbocycles. The molecule has 0 aromatic heterocycles. The summed E-state index contributed by atoms with van der Waals surface area (Å²) >= 11 is 0. The van der Waals surface area contributed by atoms with Gasteiger partial charge in [-0.2, -0.15) is 0 Å². The molecule has 1 atom stereocenters. The van der Waals surface area contributed by atoms with Gasteiger partial charge in [0.15, 0.2) is 0 Å². The van der Waals surface area contributed by atoms with E-state index in [1.807, 2.05) is 54.6 Å². The van der Waals surface area contributed by atoms with Crippen LogP contribution in [-0.2, 0) is 4.79 Å². The standard InChI is InChI=1S/C21H25NO4/c1-21(2,24)15-26-19-10-8-17(9-11-19)22-13-16(12-20(22)23)14-25-18-6-4-3-5-7-18/h3-11,16,24H,12-15H2,1-2H3. The molecule has 1 aliphatic rings. The summed E-state index contributed by atoms with van der Waals surface area (Å²) in [6.45, 7) is 4.78. The van der Waals surface area contributed by atoms with Gasteiger partial charge in [0.2, 0.25) is 5.91 Å². The fourth-order valence-corrected chi connectivity index (χ4v) is 2.86. The Morgan fingerprint density at radius 1 is 1.04 bits per heavy atom. The third-order valence-corrected chi connectivity index (χ3v) is 4.17. The predicted octanol–water partition coefficient (Wildman–Crippen LogP) is 3.27. The number of nitrogens with zero attached hydrogens (tertiary/aromatic N) is 1. The van der Waals surface area contributed by atoms with Gasteiger partial charge in [-0.25, -0.2) is 0 Å². The molecule has 1 saturated heterocycles. The minimum atomic E-state index is -0.879. The van der Waals surface area contributed by atoms with E-state index in [2.05, 4.69) is 0 Å². The van der Waals surface area contributed by atoms with Crippen LogP contribution in [0, 0.1) is 5.92 Å². The molecule has 5 heteroatoms. The van der Waals surface area contributed by atoms with E-state index in [4.69, 9.17) is 9.47 Å². The van der Waals surface area contributed by atoms with Gasteiger partial charge in [0.05, 0.1) is 12.2 Å². The lowest BCUT2D eigenvalue weighted by atomic mass is 10.1. The van der Waals surface area contributed by atoms with Gasteiger partial charge in [-0.3, -0.25) is 4.79 Å². The molecule has 26 heavy (non-hydrogen) atoms. The van der Waals surface area contributed by atoms with Crippen molar-refractivity contribution in [2.75, 3.05) is 24.7 Å². The van der Waals surface area contributed by atoms with Crippen molar-refractivity contribution in [3.05, 3.63) is 54.6 Å². The molecular formula is C21H25NO4. The molecule has 1 N–H and O–H groups in total. The highest BCUT2D eigenvalue weighted by Gasteiger charge is 2.31. The Balaban J connectivity index is 1.55. The smallest absolute Gasteiger partial charge is 0.227 e. The summed E-state index contributed by atoms with van der Waals surface area (Å²) in [6, 6.07) is 17.0. The number of benzene rings is 2. The van der Waals surface area contributed by atoms with Crippen molar-refractivity contribution in [1.29, 1.82) is 0 Å². The zero-order chi connectivity index (χ0) is 18.6. The molecule has 0 spiro atoms. The minimum Gasteiger partial charge on any atom is -0.493 e. The lowest BCUT2D eigenvalue weighted by Crippen LogP contribution is -2.28. The van der Waals surface area contributed by atoms with Gasteiger partial charge >= 0.3 is 0 Å². The van der Waals surface area contributed by atoms with E-state index >= 15 is 0 Å². The number of rotatable bonds is 7. The number of carbonyl (C=O) groups is 1. The second-order valence-corrected chi connectivity index (χ2v) is 7.29. The van der Waals surface area contributed by atoms with Gasteiger partial charge in [-0.1, -0.05) is 18.2 Å². The summed E-state index contributed by atoms with van der Waals surface area (Å²) in [5.41, 5.74) is -0.0249. The number of hydrogen-bond acceptors (Lipinski definition) is 4. The average molecular weight is 355 g/mol. The van der Waals surface area contributed by atoms with Crippen LogP contribution in [0.25, 0.3) is 0 Å². The van der Waals surface area contributed by atoms with Gasteiger partial charge in [0.1, 0.15) is 18.1 Å². The molecule has 1 aliphatic heterocycles. The van der Waals surface area contributed by atoms with Crippen LogP contribution in [-0.4, -0.2) is 36.4 Å². The largest absolute Gasteiger partial charge is 0.493 e. The number of amides is 1. The van der Waals surface area contributed by atoms with Gasteiger partial charge in [-0.15, -0.1) is 0 Å². The van der Waals surface area contributed by atoms with Crippen LogP contribution in [0.2, 0.25) is 0 Å². The lowest BCUT2D eigenvalue weighted by molar-refractivity contribution is -0.117. The second-order valence-electron chi connectivity index (χ2n) is 7.29. The number of hydrogen-bond donors (Lipinski definition) is 1. The Labute approximate surface area is 154 Å². The fraction of sp³-hybridized carbons (Fsp3) is 0.381. The van der Waals surface area contributed by atoms with E-state index in [1.165, 1.54) is 0 Å². The highest BCUT2D eigenvalue weighted by molar-refractivity contribution is 5.95. The van der Waals surface area contributed by atoms with Gasteiger partial charge in [-0.05, 0) is 50.2 Å². The molecule has 138 valence electrons. The van der Waals surface area contributed by atoms with Crippen molar-refractivity contribution in [2.24, 2.45) is 5.92 Å². The number of para-hydroxylation sites is 1. The van der Waals surface area contributed by atoms with Crippen LogP contribution >= 0.6 is 0 Å². The van der Waals surface area contributed by atoms with Gasteiger partial charge in [0, 0.05) is 24.6 Å². The summed E-state index contributed by atoms with van der Waals surface area (Å²) in [4.78, 5) is 14.1. The number of carbonyl (C=O) groups excluding carboxylic acids is 1. The third-order valence-electron chi connectivity index (χ3n) is 4.17. The quantitative estimate of drug-likeness (QED) is 0.828. The molecule has 1 heterocycles. The maximum atomic E-state index is 12.3. The molecule has 1 unspecified atom stereocenters. The highest BCUT2D eigenvalue weighted by atomic mass is 16.5. The van der Waals surface area contributed by atoms with Crippen molar-refractivity contribution >= 4 is 11.6 Å². The van der Waals surface area contributed by atoms with Crippen molar-refractivity contribution in [3.8, 4) is 11.5 Å². The second kappa shape index (κ2) is 7.79. The topological polar surface area (TPSA) is 59.0 Å². The fourth-order valence-electron chi connectivity index (χ4n) is 2.86. The van der Waals surface area contributed by atoms with Crippen LogP contribution in [0.15, 0.2) is 54.6 Å². The normalized spacial score (nSPS) is 17.4. The Morgan fingerprint density at radius 2 is 1.69 bits per heavy atom. The molecule has 2 aromatic rings. The minimum absolute atomic E-state index is 0.108. The maximum Gasteiger partial charge on any atom is 0.227 e. The van der Waals surface area contributed by atoms with E-state index in [0.29, 0.717) is 25.3 Å². The monoisotopic (exact) mass is 355 g/mol. The van der Waals surface area contributed by atoms with Crippen LogP contribution < -0.4 is 14.4 Å². The van der Waals surface area contributed by atoms with Gasteiger partial charge < -0.3 is 19.5 Å². The van der Waals surface area contributed by atoms with Gasteiger partial charge in [0.25, 0.3) is 0 Å². The first-order chi connectivity index (χ1) is 12.4. The van der Waals surface area contributed by atoms with E-state index in [9.17, 15) is 9.90 Å². The SMILES string of the molecule is CC(C)(O)COc1ccc(N2CC(COc3ccccc3)CC2=O)cc1. The molecule has 1 fully saturated rings. The molecule has 0 bridgehead atoms. The van der Waals surface area contributed by atoms with E-state index in [0.717, 1.165) is 11.4 Å². The third kappa shape index (κ3) is 4.99. The molecule has 0 aliphatic carbocycles. The van der Waals surface area contributed by atoms with E-state index in [-0.39, 0.29) is 18.4 Å². The first-order valence-corrected chi connectivity index (χ1v) is 8.84. The first kappa shape index (κ1) is 18.3. The van der Waals surface area contributed by atoms with Crippen LogP contribution in [0.1, 0.15) is 20.3 Å². The van der Waals surface area contributed by atoms with Crippen LogP contribution in [0.5, 0.6) is 11.5 Å². The molecular weight excluding hydrogens is 330 g/mol. The predicted molar refractivity (Wildman–Crippen MR) is 101 cm³/mol. The number of anilines is 1. The van der Waals surface area contributed by atoms with Crippen molar-refractivity contribution in [1.82, 2.24) is 0 Å². The summed E-state index contributed by atoms with van der Waals surface area (Å²) in [5, 5.41) is 9.71. The van der Waals surface area contributed by atoms with Crippen molar-refractivity contribution < 1.29 is 19.4 Å². The Morgan fingerprint density at radius 3 is 2.35 bits per heavy atom. The Hall–Kier alpha value is -2.53. The molecule has 2 aromatic carbocycles. The van der Waals surface area contributed by atoms with Crippen LogP contribution in [0.4, 0.5) is 5.69 Å². The average Bonchev–Trinajstić information content (AvgIpc) is 3.00. The highest BCUT2D eigenvalue weighted by Crippen LogP contribution is 2.27. The summed E-state index contributed by atoms with van der Waals surface area (Å²) in [5.74, 6) is 1.78. The Kier molecular flexibility index (Phi) is 5.47. The molecule has 1 amide bonds. The summed E-state index contributed by atoms with van der Waals surface area (Å²) in [7, 11) is 0. The maximum absolute atomic E-state index is 12.3. The lowest BCUT2D eigenvalue weighted by Gasteiger charge is -2.19. The Bertz CT molecular complexity index is 722. The van der Waals surface area contributed by atoms with Crippen LogP contribution in [0.3, 0.4) is 0 Å². The summed E-state index contributed by atoms with van der Waals surface area (Å²) in [6.07, 6.45) is 0.490. The molecule has 0 radical (unpaired) electrons.